The van der Waals surface area contributed by atoms with E-state index >= 15 is 0 Å². The number of nitrogens with one attached hydrogen (secondary N) is 1. The van der Waals surface area contributed by atoms with Crippen LogP contribution in [0.2, 0.25) is 0 Å². The molecule has 6 rings (SSSR count). The minimum atomic E-state index is -0.181. The highest BCUT2D eigenvalue weighted by Crippen LogP contribution is 2.35. The van der Waals surface area contributed by atoms with Gasteiger partial charge in [0.1, 0.15) is 4.88 Å². The van der Waals surface area contributed by atoms with Gasteiger partial charge < -0.3 is 29.2 Å². The minimum absolute atomic E-state index is 0.181. The van der Waals surface area contributed by atoms with Crippen LogP contribution in [-0.2, 0) is 6.54 Å². The summed E-state index contributed by atoms with van der Waals surface area (Å²) in [7, 11) is 0. The maximum atomic E-state index is 12.7. The van der Waals surface area contributed by atoms with Crippen LogP contribution < -0.4 is 29.2 Å². The fourth-order valence-corrected chi connectivity index (χ4v) is 4.94. The summed E-state index contributed by atoms with van der Waals surface area (Å²) in [5.41, 5.74) is 1.88. The molecular weight excluding hydrogens is 444 g/mol. The van der Waals surface area contributed by atoms with Crippen molar-refractivity contribution in [1.82, 2.24) is 9.88 Å². The number of rotatable bonds is 5. The van der Waals surface area contributed by atoms with Gasteiger partial charge in [-0.3, -0.25) is 9.69 Å². The number of ether oxygens (including phenoxy) is 4. The molecule has 1 aromatic heterocycles. The third-order valence-corrected chi connectivity index (χ3v) is 6.89. The maximum Gasteiger partial charge on any atom is 0.267 e. The van der Waals surface area contributed by atoms with Gasteiger partial charge in [0.2, 0.25) is 13.6 Å². The molecule has 3 aliphatic rings. The van der Waals surface area contributed by atoms with Gasteiger partial charge in [-0.1, -0.05) is 17.4 Å². The predicted octanol–water partition coefficient (Wildman–Crippen LogP) is 3.18. The lowest BCUT2D eigenvalue weighted by molar-refractivity contribution is 0.103. The van der Waals surface area contributed by atoms with Crippen molar-refractivity contribution in [2.24, 2.45) is 0 Å². The number of benzene rings is 2. The van der Waals surface area contributed by atoms with Crippen molar-refractivity contribution < 1.29 is 23.7 Å². The summed E-state index contributed by atoms with van der Waals surface area (Å²) >= 11 is 1.41. The zero-order chi connectivity index (χ0) is 22.2. The highest BCUT2D eigenvalue weighted by Gasteiger charge is 2.22. The number of hydrogen-bond donors (Lipinski definition) is 1. The van der Waals surface area contributed by atoms with E-state index in [2.05, 4.69) is 32.2 Å². The Morgan fingerprint density at radius 3 is 2.39 bits per heavy atom. The molecule has 0 atom stereocenters. The molecule has 4 heterocycles. The summed E-state index contributed by atoms with van der Waals surface area (Å²) in [6.07, 6.45) is 1.64. The molecule has 3 aliphatic heterocycles. The van der Waals surface area contributed by atoms with Crippen molar-refractivity contribution in [3.63, 3.8) is 0 Å². The average Bonchev–Trinajstić information content (AvgIpc) is 3.59. The maximum absolute atomic E-state index is 12.7. The van der Waals surface area contributed by atoms with Crippen LogP contribution in [0.3, 0.4) is 0 Å². The Morgan fingerprint density at radius 1 is 0.909 bits per heavy atom. The number of anilines is 2. The zero-order valence-corrected chi connectivity index (χ0v) is 18.6. The molecule has 0 unspecified atom stereocenters. The van der Waals surface area contributed by atoms with Gasteiger partial charge in [-0.05, 0) is 29.8 Å². The van der Waals surface area contributed by atoms with Crippen LogP contribution in [0.25, 0.3) is 0 Å². The SMILES string of the molecule is O=C(Nc1ccc2c(c1)OCO2)c1cnc(N2CCN(Cc3ccc4c(c3)OCO4)CC2)s1. The lowest BCUT2D eigenvalue weighted by Gasteiger charge is -2.34. The number of piperazine rings is 1. The smallest absolute Gasteiger partial charge is 0.267 e. The van der Waals surface area contributed by atoms with E-state index in [9.17, 15) is 4.79 Å². The van der Waals surface area contributed by atoms with Crippen molar-refractivity contribution in [2.75, 3.05) is 50.0 Å². The second-order valence-electron chi connectivity index (χ2n) is 7.98. The molecule has 0 radical (unpaired) electrons. The van der Waals surface area contributed by atoms with Crippen LogP contribution >= 0.6 is 11.3 Å². The van der Waals surface area contributed by atoms with E-state index in [4.69, 9.17) is 18.9 Å². The van der Waals surface area contributed by atoms with Gasteiger partial charge >= 0.3 is 0 Å². The van der Waals surface area contributed by atoms with Crippen molar-refractivity contribution in [2.45, 2.75) is 6.54 Å². The van der Waals surface area contributed by atoms with Crippen LogP contribution in [0.1, 0.15) is 15.2 Å². The molecule has 33 heavy (non-hydrogen) atoms. The summed E-state index contributed by atoms with van der Waals surface area (Å²) in [5.74, 6) is 2.77. The summed E-state index contributed by atoms with van der Waals surface area (Å²) in [4.78, 5) is 22.4. The lowest BCUT2D eigenvalue weighted by Crippen LogP contribution is -2.45. The largest absolute Gasteiger partial charge is 0.454 e. The van der Waals surface area contributed by atoms with Gasteiger partial charge in [-0.2, -0.15) is 0 Å². The molecule has 10 heteroatoms. The zero-order valence-electron chi connectivity index (χ0n) is 17.8. The van der Waals surface area contributed by atoms with Gasteiger partial charge in [-0.15, -0.1) is 0 Å². The number of hydrogen-bond acceptors (Lipinski definition) is 9. The van der Waals surface area contributed by atoms with E-state index in [0.717, 1.165) is 49.4 Å². The number of carbonyl (C=O) groups is 1. The number of nitrogens with zero attached hydrogens (tertiary/aromatic N) is 3. The quantitative estimate of drug-likeness (QED) is 0.614. The van der Waals surface area contributed by atoms with E-state index in [1.54, 1.807) is 24.4 Å². The van der Waals surface area contributed by atoms with Gasteiger partial charge in [0, 0.05) is 44.5 Å². The minimum Gasteiger partial charge on any atom is -0.454 e. The van der Waals surface area contributed by atoms with Crippen molar-refractivity contribution in [3.8, 4) is 23.0 Å². The monoisotopic (exact) mass is 466 g/mol. The number of carbonyl (C=O) groups excluding carboxylic acids is 1. The van der Waals surface area contributed by atoms with E-state index in [1.807, 2.05) is 6.07 Å². The van der Waals surface area contributed by atoms with Crippen molar-refractivity contribution >= 4 is 28.1 Å². The van der Waals surface area contributed by atoms with Gasteiger partial charge in [0.15, 0.2) is 28.1 Å². The van der Waals surface area contributed by atoms with Crippen LogP contribution in [0, 0.1) is 0 Å². The Balaban J connectivity index is 1.04. The first kappa shape index (κ1) is 20.1. The van der Waals surface area contributed by atoms with Crippen LogP contribution in [0.5, 0.6) is 23.0 Å². The average molecular weight is 467 g/mol. The lowest BCUT2D eigenvalue weighted by atomic mass is 10.1. The molecule has 1 N–H and O–H groups in total. The van der Waals surface area contributed by atoms with Crippen LogP contribution in [0.4, 0.5) is 10.8 Å². The van der Waals surface area contributed by atoms with Crippen LogP contribution in [0.15, 0.2) is 42.6 Å². The molecule has 1 amide bonds. The molecule has 9 nitrogen and oxygen atoms in total. The van der Waals surface area contributed by atoms with E-state index in [-0.39, 0.29) is 12.7 Å². The first-order valence-corrected chi connectivity index (χ1v) is 11.6. The van der Waals surface area contributed by atoms with Crippen LogP contribution in [-0.4, -0.2) is 55.6 Å². The first-order chi connectivity index (χ1) is 16.2. The summed E-state index contributed by atoms with van der Waals surface area (Å²) < 4.78 is 21.5. The second-order valence-corrected chi connectivity index (χ2v) is 8.99. The molecule has 0 bridgehead atoms. The molecule has 0 saturated carbocycles. The second kappa shape index (κ2) is 8.45. The van der Waals surface area contributed by atoms with Crippen molar-refractivity contribution in [3.05, 3.63) is 53.0 Å². The van der Waals surface area contributed by atoms with E-state index in [0.29, 0.717) is 28.9 Å². The number of fused-ring (bicyclic) bond motifs is 2. The van der Waals surface area contributed by atoms with Gasteiger partial charge in [0.05, 0.1) is 6.20 Å². The summed E-state index contributed by atoms with van der Waals surface area (Å²) in [6, 6.07) is 11.5. The molecule has 1 saturated heterocycles. The molecule has 0 aliphatic carbocycles. The summed E-state index contributed by atoms with van der Waals surface area (Å²) in [5, 5.41) is 3.78. The number of thiazole rings is 1. The Bertz CT molecular complexity index is 1190. The number of amides is 1. The van der Waals surface area contributed by atoms with Gasteiger partial charge in [0.25, 0.3) is 5.91 Å². The molecule has 170 valence electrons. The fraction of sp³-hybridized carbons (Fsp3) is 0.304. The molecule has 1 fully saturated rings. The highest BCUT2D eigenvalue weighted by atomic mass is 32.1. The van der Waals surface area contributed by atoms with Crippen molar-refractivity contribution in [1.29, 1.82) is 0 Å². The number of aromatic nitrogens is 1. The predicted molar refractivity (Wildman–Crippen MR) is 123 cm³/mol. The van der Waals surface area contributed by atoms with Gasteiger partial charge in [-0.25, -0.2) is 4.98 Å². The normalized spacial score (nSPS) is 16.8. The Labute approximate surface area is 194 Å². The first-order valence-electron chi connectivity index (χ1n) is 10.7. The van der Waals surface area contributed by atoms with E-state index < -0.39 is 0 Å². The highest BCUT2D eigenvalue weighted by molar-refractivity contribution is 7.17. The molecule has 3 aromatic rings. The Morgan fingerprint density at radius 2 is 1.61 bits per heavy atom. The topological polar surface area (TPSA) is 85.4 Å². The third kappa shape index (κ3) is 4.14. The summed E-state index contributed by atoms with van der Waals surface area (Å²) in [6.45, 7) is 4.93. The third-order valence-electron chi connectivity index (χ3n) is 5.83. The molecule has 2 aromatic carbocycles. The molecule has 0 spiro atoms. The van der Waals surface area contributed by atoms with E-state index in [1.165, 1.54) is 16.9 Å². The Hall–Kier alpha value is -3.50. The molecular formula is C23H22N4O5S. The fourth-order valence-electron chi connectivity index (χ4n) is 4.08. The Kier molecular flexibility index (Phi) is 5.16. The standard InChI is InChI=1S/C23H22N4O5S/c28-22(25-16-2-4-18-20(10-16)32-14-30-18)21-11-24-23(33-21)27-7-5-26(6-8-27)12-15-1-3-17-19(9-15)31-13-29-17/h1-4,9-11H,5-8,12-14H2,(H,25,28).